The molecule has 16 heavy (non-hydrogen) atoms. The summed E-state index contributed by atoms with van der Waals surface area (Å²) in [6.45, 7) is 1.53. The average Bonchev–Trinajstić information content (AvgIpc) is 2.33. The van der Waals surface area contributed by atoms with E-state index in [1.807, 2.05) is 19.2 Å². The number of ether oxygens (including phenoxy) is 1. The van der Waals surface area contributed by atoms with Gasteiger partial charge in [-0.1, -0.05) is 18.2 Å². The molecule has 2 rings (SSSR count). The summed E-state index contributed by atoms with van der Waals surface area (Å²) in [5.41, 5.74) is 0.790. The Morgan fingerprint density at radius 3 is 3.00 bits per heavy atom. The Morgan fingerprint density at radius 1 is 1.44 bits per heavy atom. The third-order valence-electron chi connectivity index (χ3n) is 3.28. The van der Waals surface area contributed by atoms with E-state index >= 15 is 0 Å². The van der Waals surface area contributed by atoms with E-state index in [9.17, 15) is 4.39 Å². The second kappa shape index (κ2) is 5.41. The van der Waals surface area contributed by atoms with Gasteiger partial charge >= 0.3 is 0 Å². The van der Waals surface area contributed by atoms with Crippen LogP contribution in [0.25, 0.3) is 0 Å². The highest BCUT2D eigenvalue weighted by atomic mass is 19.1. The second-order valence-corrected chi connectivity index (χ2v) is 4.31. The van der Waals surface area contributed by atoms with Crippen LogP contribution >= 0.6 is 0 Å². The Morgan fingerprint density at radius 2 is 2.25 bits per heavy atom. The summed E-state index contributed by atoms with van der Waals surface area (Å²) in [6, 6.07) is 7.43. The average molecular weight is 223 g/mol. The molecule has 88 valence electrons. The molecule has 0 unspecified atom stereocenters. The highest BCUT2D eigenvalue weighted by molar-refractivity contribution is 5.18. The smallest absolute Gasteiger partial charge is 0.126 e. The quantitative estimate of drug-likeness (QED) is 0.846. The zero-order valence-corrected chi connectivity index (χ0v) is 9.58. The molecule has 1 saturated heterocycles. The van der Waals surface area contributed by atoms with Gasteiger partial charge in [-0.25, -0.2) is 4.39 Å². The van der Waals surface area contributed by atoms with Crippen LogP contribution in [0, 0.1) is 11.7 Å². The molecule has 3 heteroatoms. The molecular formula is C13H18FNO. The molecule has 1 aliphatic rings. The van der Waals surface area contributed by atoms with Gasteiger partial charge in [-0.2, -0.15) is 0 Å². The van der Waals surface area contributed by atoms with Crippen LogP contribution in [0.3, 0.4) is 0 Å². The molecule has 1 fully saturated rings. The highest BCUT2D eigenvalue weighted by Crippen LogP contribution is 2.20. The molecule has 0 saturated carbocycles. The molecule has 0 bridgehead atoms. The minimum atomic E-state index is -0.108. The van der Waals surface area contributed by atoms with E-state index in [-0.39, 0.29) is 5.82 Å². The maximum Gasteiger partial charge on any atom is 0.126 e. The molecule has 2 atom stereocenters. The number of benzene rings is 1. The van der Waals surface area contributed by atoms with Gasteiger partial charge in [0, 0.05) is 18.6 Å². The summed E-state index contributed by atoms with van der Waals surface area (Å²) in [4.78, 5) is 0. The van der Waals surface area contributed by atoms with Gasteiger partial charge < -0.3 is 10.1 Å². The Hall–Kier alpha value is -0.930. The lowest BCUT2D eigenvalue weighted by molar-refractivity contribution is 0.0339. The lowest BCUT2D eigenvalue weighted by Crippen LogP contribution is -2.42. The molecule has 1 heterocycles. The Balaban J connectivity index is 2.05. The fourth-order valence-corrected chi connectivity index (χ4v) is 2.32. The van der Waals surface area contributed by atoms with Crippen molar-refractivity contribution in [2.75, 3.05) is 20.3 Å². The van der Waals surface area contributed by atoms with Crippen molar-refractivity contribution in [3.05, 3.63) is 35.6 Å². The van der Waals surface area contributed by atoms with Gasteiger partial charge in [-0.05, 0) is 31.5 Å². The van der Waals surface area contributed by atoms with E-state index < -0.39 is 0 Å². The van der Waals surface area contributed by atoms with Gasteiger partial charge in [0.05, 0.1) is 6.61 Å². The predicted octanol–water partition coefficient (Wildman–Crippen LogP) is 1.99. The van der Waals surface area contributed by atoms with Crippen LogP contribution in [0.15, 0.2) is 24.3 Å². The van der Waals surface area contributed by atoms with E-state index in [1.165, 1.54) is 6.07 Å². The molecular weight excluding hydrogens is 205 g/mol. The largest absolute Gasteiger partial charge is 0.381 e. The summed E-state index contributed by atoms with van der Waals surface area (Å²) in [7, 11) is 1.96. The SMILES string of the molecule is CN[C@@H]1CCOC[C@@H]1Cc1ccccc1F. The Labute approximate surface area is 95.8 Å². The monoisotopic (exact) mass is 223 g/mol. The first-order valence-corrected chi connectivity index (χ1v) is 5.79. The van der Waals surface area contributed by atoms with Gasteiger partial charge in [0.15, 0.2) is 0 Å². The fraction of sp³-hybridized carbons (Fsp3) is 0.538. The van der Waals surface area contributed by atoms with Gasteiger partial charge in [0.2, 0.25) is 0 Å². The third kappa shape index (κ3) is 2.60. The van der Waals surface area contributed by atoms with E-state index in [0.29, 0.717) is 12.0 Å². The zero-order chi connectivity index (χ0) is 11.4. The molecule has 1 aromatic carbocycles. The summed E-state index contributed by atoms with van der Waals surface area (Å²) in [6.07, 6.45) is 1.76. The lowest BCUT2D eigenvalue weighted by atomic mass is 9.89. The zero-order valence-electron chi connectivity index (χ0n) is 9.58. The minimum Gasteiger partial charge on any atom is -0.381 e. The summed E-state index contributed by atoms with van der Waals surface area (Å²) < 4.78 is 19.0. The number of hydrogen-bond acceptors (Lipinski definition) is 2. The number of rotatable bonds is 3. The molecule has 1 aromatic rings. The Kier molecular flexibility index (Phi) is 3.91. The van der Waals surface area contributed by atoms with E-state index in [2.05, 4.69) is 5.32 Å². The maximum absolute atomic E-state index is 13.5. The van der Waals surface area contributed by atoms with Crippen LogP contribution in [0.1, 0.15) is 12.0 Å². The van der Waals surface area contributed by atoms with Crippen molar-refractivity contribution < 1.29 is 9.13 Å². The topological polar surface area (TPSA) is 21.3 Å². The predicted molar refractivity (Wildman–Crippen MR) is 61.9 cm³/mol. The van der Waals surface area contributed by atoms with Crippen molar-refractivity contribution in [2.24, 2.45) is 5.92 Å². The molecule has 0 aromatic heterocycles. The van der Waals surface area contributed by atoms with Gasteiger partial charge in [-0.3, -0.25) is 0 Å². The minimum absolute atomic E-state index is 0.108. The van der Waals surface area contributed by atoms with Crippen LogP contribution in [0.4, 0.5) is 4.39 Å². The van der Waals surface area contributed by atoms with Gasteiger partial charge in [0.25, 0.3) is 0 Å². The summed E-state index contributed by atoms with van der Waals surface area (Å²) in [5.74, 6) is 0.263. The van der Waals surface area contributed by atoms with Crippen molar-refractivity contribution >= 4 is 0 Å². The van der Waals surface area contributed by atoms with Crippen molar-refractivity contribution in [3.8, 4) is 0 Å². The third-order valence-corrected chi connectivity index (χ3v) is 3.28. The van der Waals surface area contributed by atoms with E-state index in [1.54, 1.807) is 6.07 Å². The molecule has 0 aliphatic carbocycles. The maximum atomic E-state index is 13.5. The molecule has 2 nitrogen and oxygen atoms in total. The summed E-state index contributed by atoms with van der Waals surface area (Å²) >= 11 is 0. The van der Waals surface area contributed by atoms with Crippen LogP contribution in [0.5, 0.6) is 0 Å². The standard InChI is InChI=1S/C13H18FNO/c1-15-13-6-7-16-9-11(13)8-10-4-2-3-5-12(10)14/h2-5,11,13,15H,6-9H2,1H3/t11-,13+/m0/s1. The van der Waals surface area contributed by atoms with Crippen LogP contribution in [-0.4, -0.2) is 26.3 Å². The highest BCUT2D eigenvalue weighted by Gasteiger charge is 2.25. The van der Waals surface area contributed by atoms with Crippen molar-refractivity contribution in [1.29, 1.82) is 0 Å². The molecule has 1 N–H and O–H groups in total. The van der Waals surface area contributed by atoms with E-state index in [0.717, 1.165) is 31.6 Å². The second-order valence-electron chi connectivity index (χ2n) is 4.31. The van der Waals surface area contributed by atoms with Gasteiger partial charge in [0.1, 0.15) is 5.82 Å². The Bertz CT molecular complexity index is 342. The normalized spacial score (nSPS) is 25.6. The first kappa shape index (κ1) is 11.6. The number of hydrogen-bond donors (Lipinski definition) is 1. The molecule has 0 radical (unpaired) electrons. The van der Waals surface area contributed by atoms with E-state index in [4.69, 9.17) is 4.74 Å². The first-order chi connectivity index (χ1) is 7.81. The number of halogens is 1. The number of nitrogens with one attached hydrogen (secondary N) is 1. The summed E-state index contributed by atoms with van der Waals surface area (Å²) in [5, 5.41) is 3.29. The fourth-order valence-electron chi connectivity index (χ4n) is 2.32. The molecule has 1 aliphatic heterocycles. The van der Waals surface area contributed by atoms with Crippen molar-refractivity contribution in [2.45, 2.75) is 18.9 Å². The van der Waals surface area contributed by atoms with Crippen molar-refractivity contribution in [1.82, 2.24) is 5.32 Å². The van der Waals surface area contributed by atoms with Crippen LogP contribution < -0.4 is 5.32 Å². The van der Waals surface area contributed by atoms with Gasteiger partial charge in [-0.15, -0.1) is 0 Å². The molecule has 0 amide bonds. The first-order valence-electron chi connectivity index (χ1n) is 5.79. The van der Waals surface area contributed by atoms with Crippen LogP contribution in [-0.2, 0) is 11.2 Å². The van der Waals surface area contributed by atoms with Crippen LogP contribution in [0.2, 0.25) is 0 Å². The van der Waals surface area contributed by atoms with Crippen molar-refractivity contribution in [3.63, 3.8) is 0 Å². The lowest BCUT2D eigenvalue weighted by Gasteiger charge is -2.31. The molecule has 0 spiro atoms.